The molecule has 0 radical (unpaired) electrons. The average molecular weight is 282 g/mol. The number of rotatable bonds is 3. The van der Waals surface area contributed by atoms with E-state index in [1.807, 2.05) is 30.3 Å². The molecule has 2 aromatic carbocycles. The van der Waals surface area contributed by atoms with Gasteiger partial charge < -0.3 is 9.30 Å². The Bertz CT molecular complexity index is 805. The Kier molecular flexibility index (Phi) is 3.52. The van der Waals surface area contributed by atoms with Crippen molar-refractivity contribution in [2.24, 2.45) is 0 Å². The number of nitrogens with one attached hydrogen (secondary N) is 1. The molecule has 3 aromatic rings. The van der Waals surface area contributed by atoms with Crippen LogP contribution >= 0.6 is 0 Å². The van der Waals surface area contributed by atoms with E-state index in [4.69, 9.17) is 4.74 Å². The molecule has 0 unspecified atom stereocenters. The summed E-state index contributed by atoms with van der Waals surface area (Å²) in [5.41, 5.74) is 3.08. The lowest BCUT2D eigenvalue weighted by molar-refractivity contribution is 0.168. The number of aromatic nitrogens is 1. The number of aryl methyl sites for hydroxylation is 1. The van der Waals surface area contributed by atoms with E-state index in [9.17, 15) is 4.79 Å². The molecule has 0 spiro atoms. The molecule has 1 aromatic heterocycles. The van der Waals surface area contributed by atoms with E-state index in [0.29, 0.717) is 6.61 Å². The smallest absolute Gasteiger partial charge is 0.411 e. The van der Waals surface area contributed by atoms with Crippen molar-refractivity contribution in [3.63, 3.8) is 0 Å². The van der Waals surface area contributed by atoms with Crippen LogP contribution in [-0.2, 0) is 11.3 Å². The highest BCUT2D eigenvalue weighted by atomic mass is 16.5. The van der Waals surface area contributed by atoms with Crippen LogP contribution in [0.3, 0.4) is 0 Å². The molecule has 108 valence electrons. The second-order valence-electron chi connectivity index (χ2n) is 4.84. The third kappa shape index (κ3) is 2.33. The Morgan fingerprint density at radius 1 is 1.10 bits per heavy atom. The molecule has 21 heavy (non-hydrogen) atoms. The topological polar surface area (TPSA) is 43.3 Å². The largest absolute Gasteiger partial charge is 0.450 e. The summed E-state index contributed by atoms with van der Waals surface area (Å²) in [6.45, 7) is 5.16. The van der Waals surface area contributed by atoms with Crippen molar-refractivity contribution in [3.8, 4) is 0 Å². The molecule has 0 saturated heterocycles. The predicted octanol–water partition coefficient (Wildman–Crippen LogP) is 4.38. The summed E-state index contributed by atoms with van der Waals surface area (Å²) in [5, 5.41) is 5.19. The van der Waals surface area contributed by atoms with Crippen molar-refractivity contribution in [1.29, 1.82) is 0 Å². The fraction of sp³-hybridized carbons (Fsp3) is 0.235. The maximum absolute atomic E-state index is 11.5. The highest BCUT2D eigenvalue weighted by Gasteiger charge is 2.10. The van der Waals surface area contributed by atoms with Crippen LogP contribution in [0.5, 0.6) is 0 Å². The van der Waals surface area contributed by atoms with Gasteiger partial charge in [-0.2, -0.15) is 0 Å². The molecule has 0 saturated carbocycles. The van der Waals surface area contributed by atoms with Crippen LogP contribution in [0.2, 0.25) is 0 Å². The van der Waals surface area contributed by atoms with E-state index in [0.717, 1.165) is 17.7 Å². The Morgan fingerprint density at radius 3 is 2.62 bits per heavy atom. The zero-order chi connectivity index (χ0) is 14.8. The number of anilines is 1. The van der Waals surface area contributed by atoms with Gasteiger partial charge >= 0.3 is 6.09 Å². The summed E-state index contributed by atoms with van der Waals surface area (Å²) >= 11 is 0. The highest BCUT2D eigenvalue weighted by Crippen LogP contribution is 2.30. The third-order valence-electron chi connectivity index (χ3n) is 3.61. The van der Waals surface area contributed by atoms with E-state index >= 15 is 0 Å². The van der Waals surface area contributed by atoms with Gasteiger partial charge in [0.25, 0.3) is 0 Å². The van der Waals surface area contributed by atoms with Gasteiger partial charge in [-0.25, -0.2) is 4.79 Å². The van der Waals surface area contributed by atoms with Gasteiger partial charge in [0.2, 0.25) is 0 Å². The van der Waals surface area contributed by atoms with Gasteiger partial charge in [0.15, 0.2) is 0 Å². The number of benzene rings is 2. The van der Waals surface area contributed by atoms with Crippen LogP contribution in [0.4, 0.5) is 10.5 Å². The molecule has 4 nitrogen and oxygen atoms in total. The molecule has 1 amide bonds. The van der Waals surface area contributed by atoms with Crippen molar-refractivity contribution in [1.82, 2.24) is 4.57 Å². The summed E-state index contributed by atoms with van der Waals surface area (Å²) in [6.07, 6.45) is -0.420. The number of hydrogen-bond donors (Lipinski definition) is 1. The minimum absolute atomic E-state index is 0.364. The van der Waals surface area contributed by atoms with Crippen molar-refractivity contribution < 1.29 is 9.53 Å². The SMILES string of the molecule is CCOC(=O)Nc1ccc2c3ccccc3n(CC)c2c1. The number of fused-ring (bicyclic) bond motifs is 3. The zero-order valence-corrected chi connectivity index (χ0v) is 12.2. The molecular formula is C17H18N2O2. The van der Waals surface area contributed by atoms with Crippen molar-refractivity contribution in [3.05, 3.63) is 42.5 Å². The maximum Gasteiger partial charge on any atom is 0.411 e. The fourth-order valence-corrected chi connectivity index (χ4v) is 2.75. The maximum atomic E-state index is 11.5. The minimum Gasteiger partial charge on any atom is -0.450 e. The van der Waals surface area contributed by atoms with Crippen LogP contribution in [0, 0.1) is 0 Å². The molecule has 0 aliphatic rings. The summed E-state index contributed by atoms with van der Waals surface area (Å²) in [4.78, 5) is 11.5. The molecule has 1 N–H and O–H groups in total. The molecule has 4 heteroatoms. The Labute approximate surface area is 123 Å². The molecule has 0 aliphatic carbocycles. The van der Waals surface area contributed by atoms with E-state index in [-0.39, 0.29) is 0 Å². The van der Waals surface area contributed by atoms with Crippen molar-refractivity contribution in [2.45, 2.75) is 20.4 Å². The molecule has 1 heterocycles. The van der Waals surface area contributed by atoms with Crippen LogP contribution in [-0.4, -0.2) is 17.3 Å². The lowest BCUT2D eigenvalue weighted by Crippen LogP contribution is -2.13. The van der Waals surface area contributed by atoms with Crippen LogP contribution in [0.15, 0.2) is 42.5 Å². The quantitative estimate of drug-likeness (QED) is 0.774. The number of nitrogens with zero attached hydrogens (tertiary/aromatic N) is 1. The molecule has 0 bridgehead atoms. The average Bonchev–Trinajstić information content (AvgIpc) is 2.80. The fourth-order valence-electron chi connectivity index (χ4n) is 2.75. The number of carbonyl (C=O) groups excluding carboxylic acids is 1. The molecule has 0 atom stereocenters. The first-order valence-electron chi connectivity index (χ1n) is 7.19. The molecule has 3 rings (SSSR count). The van der Waals surface area contributed by atoms with E-state index in [1.165, 1.54) is 16.3 Å². The van der Waals surface area contributed by atoms with Crippen LogP contribution < -0.4 is 5.32 Å². The first-order chi connectivity index (χ1) is 10.2. The van der Waals surface area contributed by atoms with E-state index < -0.39 is 6.09 Å². The first-order valence-corrected chi connectivity index (χ1v) is 7.19. The van der Waals surface area contributed by atoms with Gasteiger partial charge in [0.05, 0.1) is 12.1 Å². The van der Waals surface area contributed by atoms with Gasteiger partial charge in [-0.05, 0) is 32.0 Å². The van der Waals surface area contributed by atoms with Crippen LogP contribution in [0.1, 0.15) is 13.8 Å². The number of para-hydroxylation sites is 1. The van der Waals surface area contributed by atoms with Gasteiger partial charge in [0.1, 0.15) is 0 Å². The number of carbonyl (C=O) groups is 1. The van der Waals surface area contributed by atoms with Gasteiger partial charge in [-0.15, -0.1) is 0 Å². The first kappa shape index (κ1) is 13.5. The van der Waals surface area contributed by atoms with E-state index in [2.05, 4.69) is 28.9 Å². The lowest BCUT2D eigenvalue weighted by atomic mass is 10.1. The third-order valence-corrected chi connectivity index (χ3v) is 3.61. The standard InChI is InChI=1S/C17H18N2O2/c1-3-19-15-8-6-5-7-13(15)14-10-9-12(11-16(14)19)18-17(20)21-4-2/h5-11H,3-4H2,1-2H3,(H,18,20). The number of amides is 1. The van der Waals surface area contributed by atoms with E-state index in [1.54, 1.807) is 6.92 Å². The second-order valence-corrected chi connectivity index (χ2v) is 4.84. The Balaban J connectivity index is 2.12. The highest BCUT2D eigenvalue weighted by molar-refractivity contribution is 6.09. The summed E-state index contributed by atoms with van der Waals surface area (Å²) in [7, 11) is 0. The lowest BCUT2D eigenvalue weighted by Gasteiger charge is -2.07. The number of hydrogen-bond acceptors (Lipinski definition) is 2. The van der Waals surface area contributed by atoms with Crippen molar-refractivity contribution in [2.75, 3.05) is 11.9 Å². The second kappa shape index (κ2) is 5.48. The van der Waals surface area contributed by atoms with Crippen molar-refractivity contribution >= 4 is 33.6 Å². The molecule has 0 fully saturated rings. The van der Waals surface area contributed by atoms with Crippen LogP contribution in [0.25, 0.3) is 21.8 Å². The molecular weight excluding hydrogens is 264 g/mol. The monoisotopic (exact) mass is 282 g/mol. The normalized spacial score (nSPS) is 11.0. The summed E-state index contributed by atoms with van der Waals surface area (Å²) < 4.78 is 7.17. The summed E-state index contributed by atoms with van der Waals surface area (Å²) in [5.74, 6) is 0. The van der Waals surface area contributed by atoms with Gasteiger partial charge in [0, 0.05) is 28.5 Å². The Hall–Kier alpha value is -2.49. The predicted molar refractivity (Wildman–Crippen MR) is 85.8 cm³/mol. The zero-order valence-electron chi connectivity index (χ0n) is 12.2. The number of ether oxygens (including phenoxy) is 1. The van der Waals surface area contributed by atoms with Gasteiger partial charge in [-0.1, -0.05) is 24.3 Å². The van der Waals surface area contributed by atoms with Gasteiger partial charge in [-0.3, -0.25) is 5.32 Å². The molecule has 0 aliphatic heterocycles. The minimum atomic E-state index is -0.420. The summed E-state index contributed by atoms with van der Waals surface area (Å²) in [6, 6.07) is 14.3. The Morgan fingerprint density at radius 2 is 1.86 bits per heavy atom.